The van der Waals surface area contributed by atoms with Crippen LogP contribution in [-0.4, -0.2) is 58.3 Å². The highest BCUT2D eigenvalue weighted by molar-refractivity contribution is 7.88. The average molecular weight is 406 g/mol. The van der Waals surface area contributed by atoms with E-state index in [1.807, 2.05) is 6.92 Å². The van der Waals surface area contributed by atoms with E-state index in [9.17, 15) is 13.2 Å². The number of nitrogens with one attached hydrogen (secondary N) is 3. The van der Waals surface area contributed by atoms with Gasteiger partial charge < -0.3 is 15.4 Å². The van der Waals surface area contributed by atoms with Gasteiger partial charge in [-0.2, -0.15) is 0 Å². The molecule has 0 bridgehead atoms. The molecule has 1 unspecified atom stereocenters. The van der Waals surface area contributed by atoms with E-state index in [-0.39, 0.29) is 12.0 Å². The quantitative estimate of drug-likeness (QED) is 0.240. The van der Waals surface area contributed by atoms with Gasteiger partial charge in [-0.3, -0.25) is 4.99 Å². The minimum Gasteiger partial charge on any atom is -0.462 e. The molecule has 1 heterocycles. The second-order valence-corrected chi connectivity index (χ2v) is 8.44. The number of aryl methyl sites for hydroxylation is 1. The number of esters is 1. The maximum absolute atomic E-state index is 11.9. The highest BCUT2D eigenvalue weighted by Gasteiger charge is 2.20. The van der Waals surface area contributed by atoms with E-state index in [1.54, 1.807) is 20.9 Å². The second kappa shape index (κ2) is 10.4. The summed E-state index contributed by atoms with van der Waals surface area (Å²) in [5.41, 5.74) is 0.645. The summed E-state index contributed by atoms with van der Waals surface area (Å²) in [4.78, 5) is 21.0. The minimum atomic E-state index is -3.17. The van der Waals surface area contributed by atoms with Gasteiger partial charge in [-0.1, -0.05) is 0 Å². The van der Waals surface area contributed by atoms with E-state index in [1.165, 1.54) is 11.3 Å². The van der Waals surface area contributed by atoms with Crippen LogP contribution in [0.4, 0.5) is 0 Å². The van der Waals surface area contributed by atoms with Crippen molar-refractivity contribution in [3.05, 3.63) is 15.6 Å². The van der Waals surface area contributed by atoms with Crippen LogP contribution in [0.25, 0.3) is 0 Å². The van der Waals surface area contributed by atoms with Crippen molar-refractivity contribution in [2.75, 3.05) is 33.0 Å². The van der Waals surface area contributed by atoms with Crippen LogP contribution in [0.15, 0.2) is 4.99 Å². The average Bonchev–Trinajstić information content (AvgIpc) is 2.94. The molecule has 0 saturated carbocycles. The van der Waals surface area contributed by atoms with Crippen LogP contribution in [-0.2, 0) is 14.8 Å². The molecule has 9 nitrogen and oxygen atoms in total. The molecule has 0 aromatic carbocycles. The third-order valence-corrected chi connectivity index (χ3v) is 5.28. The maximum Gasteiger partial charge on any atom is 0.350 e. The fraction of sp³-hybridized carbons (Fsp3) is 0.667. The van der Waals surface area contributed by atoms with E-state index in [2.05, 4.69) is 25.3 Å². The normalized spacial score (nSPS) is 13.3. The van der Waals surface area contributed by atoms with Crippen molar-refractivity contribution in [1.29, 1.82) is 0 Å². The number of sulfonamides is 1. The molecular weight excluding hydrogens is 378 g/mol. The lowest BCUT2D eigenvalue weighted by Gasteiger charge is -2.16. The lowest BCUT2D eigenvalue weighted by molar-refractivity contribution is 0.0531. The van der Waals surface area contributed by atoms with Crippen LogP contribution in [0.2, 0.25) is 0 Å². The van der Waals surface area contributed by atoms with Gasteiger partial charge in [-0.25, -0.2) is 22.9 Å². The monoisotopic (exact) mass is 405 g/mol. The summed E-state index contributed by atoms with van der Waals surface area (Å²) < 4.78 is 29.5. The van der Waals surface area contributed by atoms with E-state index < -0.39 is 10.0 Å². The summed E-state index contributed by atoms with van der Waals surface area (Å²) in [5, 5.41) is 7.06. The molecule has 0 radical (unpaired) electrons. The third-order valence-electron chi connectivity index (χ3n) is 3.23. The largest absolute Gasteiger partial charge is 0.462 e. The van der Waals surface area contributed by atoms with E-state index in [0.717, 1.165) is 11.3 Å². The van der Waals surface area contributed by atoms with Crippen LogP contribution < -0.4 is 15.4 Å². The smallest absolute Gasteiger partial charge is 0.350 e. The first-order chi connectivity index (χ1) is 12.2. The van der Waals surface area contributed by atoms with Crippen LogP contribution in [0, 0.1) is 6.92 Å². The van der Waals surface area contributed by atoms with Gasteiger partial charge in [0.1, 0.15) is 9.88 Å². The molecule has 0 amide bonds. The molecule has 0 aliphatic rings. The number of hydrogen-bond acceptors (Lipinski definition) is 7. The first-order valence-corrected chi connectivity index (χ1v) is 10.9. The van der Waals surface area contributed by atoms with Gasteiger partial charge in [0.15, 0.2) is 5.96 Å². The number of nitrogens with zero attached hydrogens (tertiary/aromatic N) is 2. The number of aromatic nitrogens is 1. The van der Waals surface area contributed by atoms with Crippen molar-refractivity contribution in [2.24, 2.45) is 4.99 Å². The molecule has 148 valence electrons. The van der Waals surface area contributed by atoms with Crippen LogP contribution in [0.3, 0.4) is 0 Å². The third kappa shape index (κ3) is 7.67. The standard InChI is InChI=1S/C15H27N5O4S2/c1-6-24-14(21)12-10(2)19-13(25-12)11(3)20-15(16-4)17-8-7-9-18-26(5,22)23/h11,18H,6-9H2,1-5H3,(H2,16,17,20). The highest BCUT2D eigenvalue weighted by atomic mass is 32.2. The Balaban J connectivity index is 2.55. The molecule has 26 heavy (non-hydrogen) atoms. The topological polar surface area (TPSA) is 122 Å². The Labute approximate surface area is 158 Å². The van der Waals surface area contributed by atoms with Crippen molar-refractivity contribution in [2.45, 2.75) is 33.2 Å². The fourth-order valence-electron chi connectivity index (χ4n) is 2.00. The summed E-state index contributed by atoms with van der Waals surface area (Å²) in [7, 11) is -1.52. The summed E-state index contributed by atoms with van der Waals surface area (Å²) in [6, 6.07) is -0.151. The number of thiazole rings is 1. The van der Waals surface area contributed by atoms with Crippen molar-refractivity contribution in [1.82, 2.24) is 20.3 Å². The molecule has 0 aliphatic heterocycles. The summed E-state index contributed by atoms with van der Waals surface area (Å²) in [5.74, 6) is 0.212. The van der Waals surface area contributed by atoms with Crippen LogP contribution >= 0.6 is 11.3 Å². The van der Waals surface area contributed by atoms with Crippen molar-refractivity contribution in [3.8, 4) is 0 Å². The first-order valence-electron chi connectivity index (χ1n) is 8.24. The molecule has 1 aromatic rings. The maximum atomic E-state index is 11.9. The Morgan fingerprint density at radius 2 is 2.08 bits per heavy atom. The lowest BCUT2D eigenvalue weighted by Crippen LogP contribution is -2.39. The SMILES string of the molecule is CCOC(=O)c1sc(C(C)NC(=NC)NCCCNS(C)(=O)=O)nc1C. The number of ether oxygens (including phenoxy) is 1. The molecule has 0 saturated heterocycles. The molecule has 0 fully saturated rings. The second-order valence-electron chi connectivity index (χ2n) is 5.57. The Kier molecular flexibility index (Phi) is 8.96. The summed E-state index contributed by atoms with van der Waals surface area (Å²) >= 11 is 1.30. The van der Waals surface area contributed by atoms with Gasteiger partial charge in [0.2, 0.25) is 10.0 Å². The van der Waals surface area contributed by atoms with Gasteiger partial charge in [0, 0.05) is 20.1 Å². The summed E-state index contributed by atoms with van der Waals surface area (Å²) in [6.07, 6.45) is 1.74. The molecule has 1 rings (SSSR count). The van der Waals surface area contributed by atoms with E-state index in [4.69, 9.17) is 4.74 Å². The predicted octanol–water partition coefficient (Wildman–Crippen LogP) is 0.794. The van der Waals surface area contributed by atoms with Gasteiger partial charge >= 0.3 is 5.97 Å². The minimum absolute atomic E-state index is 0.151. The lowest BCUT2D eigenvalue weighted by atomic mass is 10.3. The van der Waals surface area contributed by atoms with Gasteiger partial charge in [0.05, 0.1) is 24.6 Å². The van der Waals surface area contributed by atoms with Crippen molar-refractivity contribution >= 4 is 33.3 Å². The highest BCUT2D eigenvalue weighted by Crippen LogP contribution is 2.24. The predicted molar refractivity (Wildman–Crippen MR) is 103 cm³/mol. The zero-order chi connectivity index (χ0) is 19.7. The number of rotatable bonds is 9. The molecule has 0 spiro atoms. The Morgan fingerprint density at radius 1 is 1.38 bits per heavy atom. The molecule has 1 atom stereocenters. The Hall–Kier alpha value is -1.72. The van der Waals surface area contributed by atoms with E-state index in [0.29, 0.717) is 42.6 Å². The van der Waals surface area contributed by atoms with Gasteiger partial charge in [-0.15, -0.1) is 11.3 Å². The first kappa shape index (κ1) is 22.3. The van der Waals surface area contributed by atoms with Gasteiger partial charge in [0.25, 0.3) is 0 Å². The molecule has 0 aliphatic carbocycles. The number of carbonyl (C=O) groups is 1. The Morgan fingerprint density at radius 3 is 2.65 bits per heavy atom. The Bertz CT molecular complexity index is 730. The van der Waals surface area contributed by atoms with Crippen LogP contribution in [0.5, 0.6) is 0 Å². The van der Waals surface area contributed by atoms with Crippen molar-refractivity contribution in [3.63, 3.8) is 0 Å². The molecule has 3 N–H and O–H groups in total. The number of hydrogen-bond donors (Lipinski definition) is 3. The zero-order valence-electron chi connectivity index (χ0n) is 15.7. The number of guanidine groups is 1. The van der Waals surface area contributed by atoms with E-state index >= 15 is 0 Å². The molecular formula is C15H27N5O4S2. The van der Waals surface area contributed by atoms with Gasteiger partial charge in [-0.05, 0) is 27.2 Å². The summed E-state index contributed by atoms with van der Waals surface area (Å²) in [6.45, 7) is 6.70. The number of aliphatic imine (C=N–C) groups is 1. The molecule has 1 aromatic heterocycles. The molecule has 11 heteroatoms. The van der Waals surface area contributed by atoms with Crippen LogP contribution in [0.1, 0.15) is 46.7 Å². The zero-order valence-corrected chi connectivity index (χ0v) is 17.4. The van der Waals surface area contributed by atoms with Crippen molar-refractivity contribution < 1.29 is 17.9 Å². The number of carbonyl (C=O) groups excluding carboxylic acids is 1. The fourth-order valence-corrected chi connectivity index (χ4v) is 3.48.